The molecular formula is C16H16N2O2. The first-order valence-electron chi connectivity index (χ1n) is 6.68. The molecule has 0 aliphatic heterocycles. The van der Waals surface area contributed by atoms with Crippen LogP contribution in [0.3, 0.4) is 0 Å². The number of fused-ring (bicyclic) bond motifs is 1. The highest BCUT2D eigenvalue weighted by Gasteiger charge is 2.26. The number of pyridine rings is 1. The molecule has 1 aromatic heterocycles. The number of aromatic nitrogens is 1. The third-order valence-corrected chi connectivity index (χ3v) is 3.88. The summed E-state index contributed by atoms with van der Waals surface area (Å²) in [5.74, 6) is -0.293. The van der Waals surface area contributed by atoms with E-state index in [-0.39, 0.29) is 11.7 Å². The van der Waals surface area contributed by atoms with Crippen LogP contribution < -0.4 is 4.90 Å². The summed E-state index contributed by atoms with van der Waals surface area (Å²) in [5, 5.41) is 9.03. The number of anilines is 1. The van der Waals surface area contributed by atoms with Crippen molar-refractivity contribution in [3.8, 4) is 0 Å². The Hall–Kier alpha value is -2.36. The SMILES string of the molecule is CN(c1cccc(C(=O)O)n1)C1CCc2ccccc21. The highest BCUT2D eigenvalue weighted by Crippen LogP contribution is 2.36. The lowest BCUT2D eigenvalue weighted by molar-refractivity contribution is 0.0690. The molecule has 2 aromatic rings. The van der Waals surface area contributed by atoms with Gasteiger partial charge in [-0.3, -0.25) is 0 Å². The molecular weight excluding hydrogens is 252 g/mol. The van der Waals surface area contributed by atoms with Gasteiger partial charge in [0.15, 0.2) is 5.69 Å². The van der Waals surface area contributed by atoms with Crippen LogP contribution in [-0.4, -0.2) is 23.1 Å². The normalized spacial score (nSPS) is 16.8. The molecule has 1 aliphatic rings. The summed E-state index contributed by atoms with van der Waals surface area (Å²) in [6.07, 6.45) is 2.10. The first-order valence-corrected chi connectivity index (χ1v) is 6.68. The van der Waals surface area contributed by atoms with Crippen LogP contribution in [0.4, 0.5) is 5.82 Å². The number of hydrogen-bond donors (Lipinski definition) is 1. The van der Waals surface area contributed by atoms with Crippen LogP contribution in [0.15, 0.2) is 42.5 Å². The van der Waals surface area contributed by atoms with Gasteiger partial charge in [0.2, 0.25) is 0 Å². The number of rotatable bonds is 3. The second kappa shape index (κ2) is 4.96. The maximum Gasteiger partial charge on any atom is 0.354 e. The largest absolute Gasteiger partial charge is 0.477 e. The van der Waals surface area contributed by atoms with Crippen molar-refractivity contribution in [2.45, 2.75) is 18.9 Å². The first-order chi connectivity index (χ1) is 9.66. The number of benzene rings is 1. The molecule has 0 bridgehead atoms. The second-order valence-electron chi connectivity index (χ2n) is 5.05. The van der Waals surface area contributed by atoms with E-state index in [4.69, 9.17) is 5.11 Å². The van der Waals surface area contributed by atoms with Crippen molar-refractivity contribution in [2.75, 3.05) is 11.9 Å². The van der Waals surface area contributed by atoms with Crippen LogP contribution in [-0.2, 0) is 6.42 Å². The summed E-state index contributed by atoms with van der Waals surface area (Å²) in [6.45, 7) is 0. The zero-order valence-corrected chi connectivity index (χ0v) is 11.3. The van der Waals surface area contributed by atoms with E-state index in [9.17, 15) is 4.79 Å². The smallest absolute Gasteiger partial charge is 0.354 e. The third kappa shape index (κ3) is 2.13. The molecule has 102 valence electrons. The van der Waals surface area contributed by atoms with Crippen LogP contribution in [0.1, 0.15) is 34.1 Å². The van der Waals surface area contributed by atoms with Gasteiger partial charge in [0, 0.05) is 7.05 Å². The lowest BCUT2D eigenvalue weighted by atomic mass is 10.1. The predicted octanol–water partition coefficient (Wildman–Crippen LogP) is 2.90. The summed E-state index contributed by atoms with van der Waals surface area (Å²) in [5.41, 5.74) is 2.77. The Morgan fingerprint density at radius 3 is 2.85 bits per heavy atom. The van der Waals surface area contributed by atoms with Crippen molar-refractivity contribution in [1.82, 2.24) is 4.98 Å². The lowest BCUT2D eigenvalue weighted by Gasteiger charge is -2.26. The van der Waals surface area contributed by atoms with Gasteiger partial charge in [-0.1, -0.05) is 30.3 Å². The van der Waals surface area contributed by atoms with Crippen LogP contribution >= 0.6 is 0 Å². The number of hydrogen-bond acceptors (Lipinski definition) is 3. The van der Waals surface area contributed by atoms with Crippen molar-refractivity contribution in [3.63, 3.8) is 0 Å². The van der Waals surface area contributed by atoms with Gasteiger partial charge in [0.05, 0.1) is 6.04 Å². The minimum Gasteiger partial charge on any atom is -0.477 e. The van der Waals surface area contributed by atoms with Gasteiger partial charge in [0.1, 0.15) is 5.82 Å². The molecule has 1 heterocycles. The monoisotopic (exact) mass is 268 g/mol. The van der Waals surface area contributed by atoms with Crippen LogP contribution in [0, 0.1) is 0 Å². The molecule has 1 N–H and O–H groups in total. The zero-order valence-electron chi connectivity index (χ0n) is 11.3. The summed E-state index contributed by atoms with van der Waals surface area (Å²) in [7, 11) is 1.97. The summed E-state index contributed by atoms with van der Waals surface area (Å²) < 4.78 is 0. The minimum absolute atomic E-state index is 0.0839. The molecule has 0 fully saturated rings. The molecule has 3 rings (SSSR count). The van der Waals surface area contributed by atoms with Gasteiger partial charge < -0.3 is 10.0 Å². The average Bonchev–Trinajstić information content (AvgIpc) is 2.90. The van der Waals surface area contributed by atoms with E-state index >= 15 is 0 Å². The van der Waals surface area contributed by atoms with Crippen LogP contribution in [0.25, 0.3) is 0 Å². The van der Waals surface area contributed by atoms with Gasteiger partial charge in [0.25, 0.3) is 0 Å². The zero-order chi connectivity index (χ0) is 14.1. The van der Waals surface area contributed by atoms with E-state index in [1.807, 2.05) is 19.2 Å². The molecule has 4 heteroatoms. The highest BCUT2D eigenvalue weighted by molar-refractivity contribution is 5.85. The van der Waals surface area contributed by atoms with Crippen LogP contribution in [0.5, 0.6) is 0 Å². The maximum atomic E-state index is 11.0. The predicted molar refractivity (Wildman–Crippen MR) is 77.1 cm³/mol. The maximum absolute atomic E-state index is 11.0. The molecule has 1 aromatic carbocycles. The summed E-state index contributed by atoms with van der Waals surface area (Å²) in [4.78, 5) is 17.3. The Balaban J connectivity index is 1.92. The van der Waals surface area contributed by atoms with Crippen LogP contribution in [0.2, 0.25) is 0 Å². The molecule has 0 saturated carbocycles. The van der Waals surface area contributed by atoms with Crippen molar-refractivity contribution < 1.29 is 9.90 Å². The molecule has 20 heavy (non-hydrogen) atoms. The fraction of sp³-hybridized carbons (Fsp3) is 0.250. The lowest BCUT2D eigenvalue weighted by Crippen LogP contribution is -2.23. The summed E-state index contributed by atoms with van der Waals surface area (Å²) >= 11 is 0. The first kappa shape index (κ1) is 12.7. The molecule has 0 radical (unpaired) electrons. The molecule has 1 aliphatic carbocycles. The Bertz CT molecular complexity index is 654. The quantitative estimate of drug-likeness (QED) is 0.930. The van der Waals surface area contributed by atoms with Gasteiger partial charge in [-0.15, -0.1) is 0 Å². The minimum atomic E-state index is -0.993. The topological polar surface area (TPSA) is 53.4 Å². The number of aryl methyl sites for hydroxylation is 1. The third-order valence-electron chi connectivity index (χ3n) is 3.88. The Kier molecular flexibility index (Phi) is 3.14. The van der Waals surface area contributed by atoms with E-state index < -0.39 is 5.97 Å². The Morgan fingerprint density at radius 1 is 1.25 bits per heavy atom. The molecule has 0 spiro atoms. The summed E-state index contributed by atoms with van der Waals surface area (Å²) in [6, 6.07) is 13.8. The fourth-order valence-electron chi connectivity index (χ4n) is 2.84. The number of carbonyl (C=O) groups is 1. The van der Waals surface area contributed by atoms with Gasteiger partial charge in [-0.2, -0.15) is 0 Å². The number of carboxylic acids is 1. The molecule has 4 nitrogen and oxygen atoms in total. The molecule has 0 amide bonds. The van der Waals surface area contributed by atoms with E-state index in [2.05, 4.69) is 28.1 Å². The molecule has 0 saturated heterocycles. The van der Waals surface area contributed by atoms with E-state index in [0.717, 1.165) is 12.8 Å². The second-order valence-corrected chi connectivity index (χ2v) is 5.05. The van der Waals surface area contributed by atoms with E-state index in [0.29, 0.717) is 5.82 Å². The van der Waals surface area contributed by atoms with Crippen molar-refractivity contribution in [1.29, 1.82) is 0 Å². The number of nitrogens with zero attached hydrogens (tertiary/aromatic N) is 2. The van der Waals surface area contributed by atoms with E-state index in [1.165, 1.54) is 17.2 Å². The van der Waals surface area contributed by atoms with Gasteiger partial charge in [-0.25, -0.2) is 9.78 Å². The number of aromatic carboxylic acids is 1. The number of carboxylic acid groups (broad SMARTS) is 1. The molecule has 1 unspecified atom stereocenters. The van der Waals surface area contributed by atoms with Crippen molar-refractivity contribution in [2.24, 2.45) is 0 Å². The van der Waals surface area contributed by atoms with Crippen molar-refractivity contribution >= 4 is 11.8 Å². The average molecular weight is 268 g/mol. The Labute approximate surface area is 117 Å². The van der Waals surface area contributed by atoms with Gasteiger partial charge in [-0.05, 0) is 36.1 Å². The van der Waals surface area contributed by atoms with Gasteiger partial charge >= 0.3 is 5.97 Å². The Morgan fingerprint density at radius 2 is 2.05 bits per heavy atom. The molecule has 1 atom stereocenters. The van der Waals surface area contributed by atoms with E-state index in [1.54, 1.807) is 6.07 Å². The highest BCUT2D eigenvalue weighted by atomic mass is 16.4. The van der Waals surface area contributed by atoms with Crippen molar-refractivity contribution in [3.05, 3.63) is 59.3 Å². The fourth-order valence-corrected chi connectivity index (χ4v) is 2.84. The standard InChI is InChI=1S/C16H16N2O2/c1-18(15-8-4-7-13(17-15)16(19)20)14-10-9-11-5-2-3-6-12(11)14/h2-8,14H,9-10H2,1H3,(H,19,20).